The van der Waals surface area contributed by atoms with Gasteiger partial charge in [-0.15, -0.1) is 0 Å². The molecule has 0 aromatic carbocycles. The van der Waals surface area contributed by atoms with Gasteiger partial charge in [0.15, 0.2) is 0 Å². The molecule has 1 saturated heterocycles. The molecule has 0 aromatic rings. The van der Waals surface area contributed by atoms with Gasteiger partial charge in [0, 0.05) is 18.2 Å². The summed E-state index contributed by atoms with van der Waals surface area (Å²) < 4.78 is 5.50. The second-order valence-electron chi connectivity index (χ2n) is 4.74. The Labute approximate surface area is 91.0 Å². The van der Waals surface area contributed by atoms with Crippen molar-refractivity contribution in [3.8, 4) is 0 Å². The van der Waals surface area contributed by atoms with E-state index in [1.54, 1.807) is 6.92 Å². The molecule has 0 bridgehead atoms. The summed E-state index contributed by atoms with van der Waals surface area (Å²) in [5, 5.41) is 12.3. The average Bonchev–Trinajstić information content (AvgIpc) is 2.45. The molecule has 0 radical (unpaired) electrons. The maximum absolute atomic E-state index is 10.8. The molecule has 88 valence electrons. The molecule has 0 saturated carbocycles. The van der Waals surface area contributed by atoms with Crippen LogP contribution in [0.5, 0.6) is 0 Å². The van der Waals surface area contributed by atoms with Crippen molar-refractivity contribution in [2.24, 2.45) is 5.92 Å². The molecule has 4 nitrogen and oxygen atoms in total. The largest absolute Gasteiger partial charge is 0.481 e. The van der Waals surface area contributed by atoms with Gasteiger partial charge >= 0.3 is 5.97 Å². The van der Waals surface area contributed by atoms with Crippen molar-refractivity contribution in [1.29, 1.82) is 0 Å². The van der Waals surface area contributed by atoms with Crippen LogP contribution in [0.15, 0.2) is 0 Å². The molecule has 4 atom stereocenters. The number of aliphatic carboxylic acids is 1. The Balaban J connectivity index is 2.57. The number of hydrogen-bond donors (Lipinski definition) is 2. The van der Waals surface area contributed by atoms with E-state index >= 15 is 0 Å². The van der Waals surface area contributed by atoms with Gasteiger partial charge in [0.1, 0.15) is 0 Å². The molecule has 2 N–H and O–H groups in total. The zero-order valence-corrected chi connectivity index (χ0v) is 9.91. The van der Waals surface area contributed by atoms with E-state index in [-0.39, 0.29) is 23.6 Å². The predicted octanol–water partition coefficient (Wildman–Crippen LogP) is 1.25. The van der Waals surface area contributed by atoms with Crippen molar-refractivity contribution in [2.75, 3.05) is 6.61 Å². The van der Waals surface area contributed by atoms with Crippen molar-refractivity contribution < 1.29 is 14.6 Å². The van der Waals surface area contributed by atoms with Crippen molar-refractivity contribution in [2.45, 2.75) is 51.8 Å². The van der Waals surface area contributed by atoms with E-state index in [4.69, 9.17) is 9.84 Å². The highest BCUT2D eigenvalue weighted by Crippen LogP contribution is 2.26. The summed E-state index contributed by atoms with van der Waals surface area (Å²) in [7, 11) is 0. The Kier molecular flexibility index (Phi) is 3.73. The van der Waals surface area contributed by atoms with Crippen molar-refractivity contribution in [1.82, 2.24) is 5.32 Å². The van der Waals surface area contributed by atoms with E-state index < -0.39 is 5.97 Å². The Morgan fingerprint density at radius 3 is 2.60 bits per heavy atom. The van der Waals surface area contributed by atoms with Crippen LogP contribution in [0, 0.1) is 5.92 Å². The lowest BCUT2D eigenvalue weighted by Gasteiger charge is -2.34. The van der Waals surface area contributed by atoms with E-state index in [1.807, 2.05) is 13.8 Å². The molecule has 4 unspecified atom stereocenters. The van der Waals surface area contributed by atoms with Gasteiger partial charge in [-0.2, -0.15) is 0 Å². The quantitative estimate of drug-likeness (QED) is 0.741. The summed E-state index contributed by atoms with van der Waals surface area (Å²) in [6.07, 6.45) is 1.08. The third-order valence-corrected chi connectivity index (χ3v) is 3.58. The van der Waals surface area contributed by atoms with Crippen LogP contribution in [0.25, 0.3) is 0 Å². The van der Waals surface area contributed by atoms with Crippen LogP contribution >= 0.6 is 0 Å². The van der Waals surface area contributed by atoms with E-state index in [9.17, 15) is 4.79 Å². The number of carboxylic acid groups (broad SMARTS) is 1. The topological polar surface area (TPSA) is 58.6 Å². The fourth-order valence-corrected chi connectivity index (χ4v) is 1.88. The summed E-state index contributed by atoms with van der Waals surface area (Å²) in [4.78, 5) is 10.8. The van der Waals surface area contributed by atoms with E-state index in [1.165, 1.54) is 0 Å². The number of carboxylic acids is 1. The minimum atomic E-state index is -0.759. The van der Waals surface area contributed by atoms with Gasteiger partial charge in [-0.05, 0) is 27.2 Å². The fourth-order valence-electron chi connectivity index (χ4n) is 1.88. The molecule has 1 aliphatic heterocycles. The number of nitrogens with one attached hydrogen (secondary N) is 1. The third-order valence-electron chi connectivity index (χ3n) is 3.58. The number of hydrogen-bond acceptors (Lipinski definition) is 3. The summed E-state index contributed by atoms with van der Waals surface area (Å²) in [5.74, 6) is -1.14. The van der Waals surface area contributed by atoms with Crippen LogP contribution in [-0.4, -0.2) is 35.4 Å². The van der Waals surface area contributed by atoms with Gasteiger partial charge < -0.3 is 15.2 Å². The number of ether oxygens (including phenoxy) is 1. The lowest BCUT2D eigenvalue weighted by Crippen LogP contribution is -2.54. The molecule has 0 amide bonds. The van der Waals surface area contributed by atoms with Gasteiger partial charge in [0.25, 0.3) is 0 Å². The first kappa shape index (κ1) is 12.5. The summed E-state index contributed by atoms with van der Waals surface area (Å²) in [6, 6.07) is -0.0448. The maximum atomic E-state index is 10.8. The summed E-state index contributed by atoms with van der Waals surface area (Å²) >= 11 is 0. The molecular formula is C11H21NO3. The minimum Gasteiger partial charge on any atom is -0.481 e. The summed E-state index contributed by atoms with van der Waals surface area (Å²) in [6.45, 7) is 8.51. The number of rotatable bonds is 4. The van der Waals surface area contributed by atoms with Crippen molar-refractivity contribution in [3.63, 3.8) is 0 Å². The average molecular weight is 215 g/mol. The fraction of sp³-hybridized carbons (Fsp3) is 0.909. The molecule has 0 spiro atoms. The van der Waals surface area contributed by atoms with E-state index in [2.05, 4.69) is 12.2 Å². The highest BCUT2D eigenvalue weighted by atomic mass is 16.5. The molecular weight excluding hydrogens is 194 g/mol. The zero-order chi connectivity index (χ0) is 11.6. The lowest BCUT2D eigenvalue weighted by molar-refractivity contribution is -0.142. The molecule has 0 aliphatic carbocycles. The molecule has 1 rings (SSSR count). The first-order valence-corrected chi connectivity index (χ1v) is 5.49. The Bertz CT molecular complexity index is 244. The van der Waals surface area contributed by atoms with Crippen LogP contribution in [-0.2, 0) is 9.53 Å². The molecule has 4 heteroatoms. The van der Waals surface area contributed by atoms with Crippen LogP contribution in [0.1, 0.15) is 34.1 Å². The van der Waals surface area contributed by atoms with Crippen LogP contribution < -0.4 is 5.32 Å². The van der Waals surface area contributed by atoms with Gasteiger partial charge in [0.2, 0.25) is 0 Å². The van der Waals surface area contributed by atoms with Crippen LogP contribution in [0.3, 0.4) is 0 Å². The highest BCUT2D eigenvalue weighted by Gasteiger charge is 2.39. The smallest absolute Gasteiger partial charge is 0.307 e. The standard InChI is InChI=1S/C11H21NO3/c1-7(10(13)14)8(2)12-11(4)5-6-15-9(11)3/h7-9,12H,5-6H2,1-4H3,(H,13,14). The van der Waals surface area contributed by atoms with Crippen LogP contribution in [0.4, 0.5) is 0 Å². The first-order chi connectivity index (χ1) is 6.87. The van der Waals surface area contributed by atoms with Gasteiger partial charge in [0.05, 0.1) is 12.0 Å². The van der Waals surface area contributed by atoms with Crippen LogP contribution in [0.2, 0.25) is 0 Å². The van der Waals surface area contributed by atoms with Gasteiger partial charge in [-0.25, -0.2) is 0 Å². The first-order valence-electron chi connectivity index (χ1n) is 5.49. The zero-order valence-electron chi connectivity index (χ0n) is 9.91. The molecule has 1 heterocycles. The molecule has 0 aromatic heterocycles. The Morgan fingerprint density at radius 1 is 1.60 bits per heavy atom. The minimum absolute atomic E-state index is 0.0448. The molecule has 1 fully saturated rings. The van der Waals surface area contributed by atoms with Crippen molar-refractivity contribution in [3.05, 3.63) is 0 Å². The third kappa shape index (κ3) is 2.69. The van der Waals surface area contributed by atoms with Gasteiger partial charge in [-0.1, -0.05) is 6.92 Å². The predicted molar refractivity (Wildman–Crippen MR) is 57.8 cm³/mol. The monoisotopic (exact) mass is 215 g/mol. The SMILES string of the molecule is CC(NC1(C)CCOC1C)C(C)C(=O)O. The number of carbonyl (C=O) groups is 1. The lowest BCUT2D eigenvalue weighted by atomic mass is 9.91. The second kappa shape index (κ2) is 4.49. The second-order valence-corrected chi connectivity index (χ2v) is 4.74. The van der Waals surface area contributed by atoms with E-state index in [0.29, 0.717) is 0 Å². The molecule has 15 heavy (non-hydrogen) atoms. The highest BCUT2D eigenvalue weighted by molar-refractivity contribution is 5.70. The van der Waals surface area contributed by atoms with E-state index in [0.717, 1.165) is 13.0 Å². The molecule has 1 aliphatic rings. The van der Waals surface area contributed by atoms with Crippen molar-refractivity contribution >= 4 is 5.97 Å². The summed E-state index contributed by atoms with van der Waals surface area (Å²) in [5.41, 5.74) is -0.0941. The Morgan fingerprint density at radius 2 is 2.20 bits per heavy atom. The van der Waals surface area contributed by atoms with Gasteiger partial charge in [-0.3, -0.25) is 4.79 Å². The normalized spacial score (nSPS) is 35.1. The Hall–Kier alpha value is -0.610. The maximum Gasteiger partial charge on any atom is 0.307 e.